The summed E-state index contributed by atoms with van der Waals surface area (Å²) in [6, 6.07) is -0.179. The fourth-order valence-electron chi connectivity index (χ4n) is 1.33. The van der Waals surface area contributed by atoms with Gasteiger partial charge in [-0.15, -0.1) is 0 Å². The van der Waals surface area contributed by atoms with E-state index >= 15 is 0 Å². The molecule has 14 heavy (non-hydrogen) atoms. The molecule has 1 atom stereocenters. The lowest BCUT2D eigenvalue weighted by Crippen LogP contribution is -2.39. The maximum Gasteiger partial charge on any atom is 0.226 e. The molecule has 6 nitrogen and oxygen atoms in total. The average Bonchev–Trinajstić information content (AvgIpc) is 2.31. The van der Waals surface area contributed by atoms with Crippen molar-refractivity contribution < 1.29 is 16.8 Å². The molecule has 0 bridgehead atoms. The highest BCUT2D eigenvalue weighted by Crippen LogP contribution is 2.01. The molecule has 8 heteroatoms. The zero-order chi connectivity index (χ0) is 10.8. The molecule has 1 aliphatic heterocycles. The van der Waals surface area contributed by atoms with Gasteiger partial charge in [0.1, 0.15) is 0 Å². The summed E-state index contributed by atoms with van der Waals surface area (Å²) in [5, 5.41) is 2.14. The lowest BCUT2D eigenvalue weighted by Gasteiger charge is -2.10. The van der Waals surface area contributed by atoms with Crippen LogP contribution in [0.2, 0.25) is 0 Å². The van der Waals surface area contributed by atoms with Gasteiger partial charge in [0.25, 0.3) is 0 Å². The van der Waals surface area contributed by atoms with Crippen LogP contribution in [0, 0.1) is 0 Å². The molecule has 0 radical (unpaired) electrons. The first-order valence-corrected chi connectivity index (χ1v) is 7.88. The Kier molecular flexibility index (Phi) is 3.51. The van der Waals surface area contributed by atoms with Gasteiger partial charge in [0.2, 0.25) is 10.0 Å². The van der Waals surface area contributed by atoms with Gasteiger partial charge in [-0.2, -0.15) is 0 Å². The number of hydrogen-bond donors (Lipinski definition) is 2. The first-order valence-electron chi connectivity index (χ1n) is 4.17. The van der Waals surface area contributed by atoms with E-state index in [9.17, 15) is 16.8 Å². The molecule has 1 saturated heterocycles. The van der Waals surface area contributed by atoms with Crippen molar-refractivity contribution in [2.24, 2.45) is 0 Å². The molecule has 1 unspecified atom stereocenters. The molecule has 0 aromatic rings. The smallest absolute Gasteiger partial charge is 0.226 e. The van der Waals surface area contributed by atoms with Crippen LogP contribution >= 0.6 is 0 Å². The van der Waals surface area contributed by atoms with E-state index in [0.717, 1.165) is 12.8 Å². The molecule has 1 aliphatic rings. The molecule has 0 amide bonds. The number of sulfonamides is 1. The first-order chi connectivity index (χ1) is 6.29. The summed E-state index contributed by atoms with van der Waals surface area (Å²) >= 11 is 0. The van der Waals surface area contributed by atoms with Crippen LogP contribution in [0.4, 0.5) is 0 Å². The number of sulfone groups is 1. The molecule has 2 N–H and O–H groups in total. The third-order valence-electron chi connectivity index (χ3n) is 1.78. The molecular weight excluding hydrogens is 228 g/mol. The van der Waals surface area contributed by atoms with Gasteiger partial charge in [-0.3, -0.25) is 0 Å². The summed E-state index contributed by atoms with van der Waals surface area (Å²) < 4.78 is 46.5. The molecular formula is C6H14N2O4S2. The number of nitrogens with one attached hydrogen (secondary N) is 2. The first kappa shape index (κ1) is 11.9. The van der Waals surface area contributed by atoms with Crippen molar-refractivity contribution in [1.82, 2.24) is 10.0 Å². The van der Waals surface area contributed by atoms with Crippen LogP contribution in [0.15, 0.2) is 0 Å². The maximum absolute atomic E-state index is 11.3. The minimum Gasteiger partial charge on any atom is -0.315 e. The normalized spacial score (nSPS) is 23.9. The largest absolute Gasteiger partial charge is 0.315 e. The van der Waals surface area contributed by atoms with Crippen LogP contribution in [0.1, 0.15) is 6.42 Å². The Labute approximate surface area is 84.0 Å². The highest BCUT2D eigenvalue weighted by molar-refractivity contribution is 8.06. The van der Waals surface area contributed by atoms with Crippen molar-refractivity contribution in [3.63, 3.8) is 0 Å². The molecule has 1 rings (SSSR count). The SMILES string of the molecule is CS(=O)(=O)CS(=O)(=O)NC1CCNC1. The van der Waals surface area contributed by atoms with Crippen molar-refractivity contribution in [3.8, 4) is 0 Å². The van der Waals surface area contributed by atoms with Crippen molar-refractivity contribution in [2.75, 3.05) is 24.4 Å². The summed E-state index contributed by atoms with van der Waals surface area (Å²) in [7, 11) is -7.20. The van der Waals surface area contributed by atoms with E-state index in [0.29, 0.717) is 13.0 Å². The fourth-order valence-corrected chi connectivity index (χ4v) is 4.56. The third-order valence-corrected chi connectivity index (χ3v) is 5.42. The second-order valence-corrected chi connectivity index (χ2v) is 7.73. The van der Waals surface area contributed by atoms with Gasteiger partial charge < -0.3 is 5.32 Å². The van der Waals surface area contributed by atoms with Gasteiger partial charge >= 0.3 is 0 Å². The second kappa shape index (κ2) is 4.13. The molecule has 0 aromatic heterocycles. The summed E-state index contributed by atoms with van der Waals surface area (Å²) in [5.74, 6) is 0. The highest BCUT2D eigenvalue weighted by atomic mass is 32.3. The van der Waals surface area contributed by atoms with Crippen LogP contribution < -0.4 is 10.0 Å². The molecule has 84 valence electrons. The Morgan fingerprint density at radius 2 is 2.00 bits per heavy atom. The van der Waals surface area contributed by atoms with E-state index in [1.54, 1.807) is 0 Å². The highest BCUT2D eigenvalue weighted by Gasteiger charge is 2.24. The Bertz CT molecular complexity index is 380. The van der Waals surface area contributed by atoms with E-state index in [-0.39, 0.29) is 6.04 Å². The number of hydrogen-bond acceptors (Lipinski definition) is 5. The predicted octanol–water partition coefficient (Wildman–Crippen LogP) is -1.73. The lowest BCUT2D eigenvalue weighted by molar-refractivity contribution is 0.562. The fraction of sp³-hybridized carbons (Fsp3) is 1.00. The Balaban J connectivity index is 2.58. The Morgan fingerprint density at radius 3 is 2.43 bits per heavy atom. The van der Waals surface area contributed by atoms with Crippen LogP contribution in [-0.2, 0) is 19.9 Å². The van der Waals surface area contributed by atoms with E-state index in [1.165, 1.54) is 0 Å². The monoisotopic (exact) mass is 242 g/mol. The second-order valence-electron chi connectivity index (χ2n) is 3.47. The van der Waals surface area contributed by atoms with Crippen LogP contribution in [0.3, 0.4) is 0 Å². The minimum absolute atomic E-state index is 0.179. The molecule has 0 saturated carbocycles. The van der Waals surface area contributed by atoms with E-state index < -0.39 is 24.9 Å². The molecule has 0 spiro atoms. The molecule has 1 fully saturated rings. The van der Waals surface area contributed by atoms with E-state index in [4.69, 9.17) is 0 Å². The molecule has 1 heterocycles. The molecule has 0 aliphatic carbocycles. The maximum atomic E-state index is 11.3. The number of rotatable bonds is 4. The quantitative estimate of drug-likeness (QED) is 0.611. The van der Waals surface area contributed by atoms with Gasteiger partial charge in [0.05, 0.1) is 0 Å². The van der Waals surface area contributed by atoms with E-state index in [2.05, 4.69) is 10.0 Å². The van der Waals surface area contributed by atoms with Gasteiger partial charge in [-0.1, -0.05) is 0 Å². The van der Waals surface area contributed by atoms with Gasteiger partial charge in [-0.25, -0.2) is 21.6 Å². The standard InChI is InChI=1S/C6H14N2O4S2/c1-13(9,10)5-14(11,12)8-6-2-3-7-4-6/h6-8H,2-5H2,1H3. The van der Waals surface area contributed by atoms with Gasteiger partial charge in [-0.05, 0) is 13.0 Å². The molecule has 0 aromatic carbocycles. The van der Waals surface area contributed by atoms with E-state index in [1.807, 2.05) is 0 Å². The zero-order valence-corrected chi connectivity index (χ0v) is 9.49. The average molecular weight is 242 g/mol. The van der Waals surface area contributed by atoms with Gasteiger partial charge in [0, 0.05) is 18.8 Å². The summed E-state index contributed by atoms with van der Waals surface area (Å²) in [5.41, 5.74) is 0. The van der Waals surface area contributed by atoms with Crippen molar-refractivity contribution in [3.05, 3.63) is 0 Å². The van der Waals surface area contributed by atoms with Gasteiger partial charge in [0.15, 0.2) is 14.9 Å². The summed E-state index contributed by atoms with van der Waals surface area (Å²) in [6.45, 7) is 1.31. The summed E-state index contributed by atoms with van der Waals surface area (Å²) in [4.78, 5) is 0. The van der Waals surface area contributed by atoms with Crippen LogP contribution in [0.25, 0.3) is 0 Å². The van der Waals surface area contributed by atoms with Crippen molar-refractivity contribution >= 4 is 19.9 Å². The third kappa shape index (κ3) is 4.36. The topological polar surface area (TPSA) is 92.3 Å². The Hall–Kier alpha value is -0.180. The minimum atomic E-state index is -3.70. The summed E-state index contributed by atoms with van der Waals surface area (Å²) in [6.07, 6.45) is 1.60. The predicted molar refractivity (Wildman–Crippen MR) is 53.0 cm³/mol. The van der Waals surface area contributed by atoms with Crippen molar-refractivity contribution in [2.45, 2.75) is 12.5 Å². The van der Waals surface area contributed by atoms with Crippen LogP contribution in [0.5, 0.6) is 0 Å². The lowest BCUT2D eigenvalue weighted by atomic mass is 10.3. The Morgan fingerprint density at radius 1 is 1.36 bits per heavy atom. The van der Waals surface area contributed by atoms with Crippen molar-refractivity contribution in [1.29, 1.82) is 0 Å². The zero-order valence-electron chi connectivity index (χ0n) is 7.86. The van der Waals surface area contributed by atoms with Crippen LogP contribution in [-0.4, -0.2) is 47.3 Å².